The summed E-state index contributed by atoms with van der Waals surface area (Å²) in [6.45, 7) is 1.89. The topological polar surface area (TPSA) is 50.1 Å². The van der Waals surface area contributed by atoms with E-state index < -0.39 is 11.9 Å². The molecule has 1 rings (SSSR count). The van der Waals surface area contributed by atoms with Crippen molar-refractivity contribution in [2.75, 3.05) is 6.61 Å². The van der Waals surface area contributed by atoms with Crippen LogP contribution in [0.3, 0.4) is 0 Å². The number of esters is 1. The molecule has 0 amide bonds. The van der Waals surface area contributed by atoms with Crippen LogP contribution in [-0.2, 0) is 9.53 Å². The van der Waals surface area contributed by atoms with Gasteiger partial charge in [0.05, 0.1) is 22.7 Å². The van der Waals surface area contributed by atoms with E-state index in [4.69, 9.17) is 33.2 Å². The van der Waals surface area contributed by atoms with Crippen molar-refractivity contribution in [3.8, 4) is 6.07 Å². The summed E-state index contributed by atoms with van der Waals surface area (Å²) < 4.78 is 4.78. The fraction of sp³-hybridized carbons (Fsp3) is 0.273. The summed E-state index contributed by atoms with van der Waals surface area (Å²) in [7, 11) is 0. The summed E-state index contributed by atoms with van der Waals surface area (Å²) in [5.41, 5.74) is 0.370. The number of hydrogen-bond acceptors (Lipinski definition) is 3. The van der Waals surface area contributed by atoms with Crippen molar-refractivity contribution in [3.05, 3.63) is 33.8 Å². The number of benzene rings is 1. The molecule has 0 aliphatic carbocycles. The molecule has 1 atom stereocenters. The Balaban J connectivity index is 0. The van der Waals surface area contributed by atoms with Gasteiger partial charge < -0.3 is 6.16 Å². The van der Waals surface area contributed by atoms with Crippen LogP contribution < -0.4 is 29.6 Å². The van der Waals surface area contributed by atoms with Gasteiger partial charge in [0, 0.05) is 5.56 Å². The zero-order valence-electron chi connectivity index (χ0n) is 10.5. The van der Waals surface area contributed by atoms with Crippen LogP contribution in [0.5, 0.6) is 0 Å². The van der Waals surface area contributed by atoms with Gasteiger partial charge in [-0.3, -0.25) is 4.79 Å². The predicted octanol–water partition coefficient (Wildman–Crippen LogP) is 0.280. The molecule has 0 aromatic heterocycles. The quantitative estimate of drug-likeness (QED) is 0.591. The summed E-state index contributed by atoms with van der Waals surface area (Å²) in [5, 5.41) is 9.46. The number of nitrogens with zero attached hydrogens (tertiary/aromatic N) is 1. The van der Waals surface area contributed by atoms with Gasteiger partial charge in [-0.1, -0.05) is 35.3 Å². The Bertz CT molecular complexity index is 451. The van der Waals surface area contributed by atoms with Gasteiger partial charge in [-0.25, -0.2) is 0 Å². The van der Waals surface area contributed by atoms with E-state index in [0.717, 1.165) is 0 Å². The first-order chi connectivity index (χ1) is 7.61. The maximum absolute atomic E-state index is 11.5. The van der Waals surface area contributed by atoms with Gasteiger partial charge in [-0.05, 0) is 13.0 Å². The van der Waals surface area contributed by atoms with Crippen LogP contribution in [0.4, 0.5) is 0 Å². The number of halogens is 2. The van der Waals surface area contributed by atoms with E-state index in [0.29, 0.717) is 10.6 Å². The Morgan fingerprint density at radius 1 is 1.59 bits per heavy atom. The Kier molecular flexibility index (Phi) is 7.85. The van der Waals surface area contributed by atoms with E-state index in [2.05, 4.69) is 0 Å². The van der Waals surface area contributed by atoms with Gasteiger partial charge in [0.1, 0.15) is 0 Å². The summed E-state index contributed by atoms with van der Waals surface area (Å²) >= 11 is 11.7. The molecular weight excluding hydrogens is 272 g/mol. The molecule has 1 aromatic carbocycles. The van der Waals surface area contributed by atoms with Gasteiger partial charge in [0.2, 0.25) is 0 Å². The standard InChI is InChI=1S/C11H9Cl2NO2.Na.H/c1-2-16-11(15)8(6-14)7-4-3-5-9(12)10(7)13;;/h3-5,8H,2H2,1H3;;/q;+1;-1. The van der Waals surface area contributed by atoms with Crippen molar-refractivity contribution in [1.82, 2.24) is 0 Å². The zero-order valence-corrected chi connectivity index (χ0v) is 13.0. The van der Waals surface area contributed by atoms with E-state index in [1.165, 1.54) is 0 Å². The van der Waals surface area contributed by atoms with Crippen molar-refractivity contribution in [1.29, 1.82) is 5.26 Å². The summed E-state index contributed by atoms with van der Waals surface area (Å²) in [6.07, 6.45) is 0. The molecule has 3 nitrogen and oxygen atoms in total. The second kappa shape index (κ2) is 7.97. The number of ether oxygens (including phenoxy) is 1. The number of carbonyl (C=O) groups is 1. The third-order valence-electron chi connectivity index (χ3n) is 1.94. The minimum Gasteiger partial charge on any atom is -1.00 e. The van der Waals surface area contributed by atoms with E-state index in [9.17, 15) is 4.79 Å². The van der Waals surface area contributed by atoms with Crippen LogP contribution in [0.2, 0.25) is 10.0 Å². The molecule has 0 aliphatic rings. The smallest absolute Gasteiger partial charge is 1.00 e. The molecule has 1 unspecified atom stereocenters. The Morgan fingerprint density at radius 2 is 2.24 bits per heavy atom. The van der Waals surface area contributed by atoms with Crippen LogP contribution in [-0.4, -0.2) is 12.6 Å². The number of carbonyl (C=O) groups excluding carboxylic acids is 1. The summed E-state index contributed by atoms with van der Waals surface area (Å²) in [6, 6.07) is 6.66. The Morgan fingerprint density at radius 3 is 2.76 bits per heavy atom. The summed E-state index contributed by atoms with van der Waals surface area (Å²) in [5.74, 6) is -1.65. The van der Waals surface area contributed by atoms with Gasteiger partial charge in [-0.15, -0.1) is 0 Å². The van der Waals surface area contributed by atoms with Gasteiger partial charge in [-0.2, -0.15) is 5.26 Å². The molecule has 0 spiro atoms. The van der Waals surface area contributed by atoms with Gasteiger partial charge in [0.15, 0.2) is 5.92 Å². The van der Waals surface area contributed by atoms with Crippen molar-refractivity contribution in [2.45, 2.75) is 12.8 Å². The van der Waals surface area contributed by atoms with Gasteiger partial charge >= 0.3 is 35.5 Å². The van der Waals surface area contributed by atoms with Crippen molar-refractivity contribution >= 4 is 29.2 Å². The van der Waals surface area contributed by atoms with E-state index in [1.807, 2.05) is 6.07 Å². The molecule has 0 bridgehead atoms. The molecule has 0 heterocycles. The van der Waals surface area contributed by atoms with Crippen LogP contribution in [0.1, 0.15) is 19.8 Å². The SMILES string of the molecule is CCOC(=O)C(C#N)c1cccc(Cl)c1Cl.[H-].[Na+]. The minimum absolute atomic E-state index is 0. The van der Waals surface area contributed by atoms with Crippen LogP contribution >= 0.6 is 23.2 Å². The molecule has 0 fully saturated rings. The third kappa shape index (κ3) is 4.17. The van der Waals surface area contributed by atoms with E-state index in [1.54, 1.807) is 25.1 Å². The van der Waals surface area contributed by atoms with Crippen molar-refractivity contribution in [3.63, 3.8) is 0 Å². The molecule has 6 heteroatoms. The minimum atomic E-state index is -1.04. The zero-order chi connectivity index (χ0) is 12.1. The molecule has 0 radical (unpaired) electrons. The molecular formula is C11H10Cl2NNaO2. The first-order valence-corrected chi connectivity index (χ1v) is 5.37. The predicted molar refractivity (Wildman–Crippen MR) is 62.6 cm³/mol. The first-order valence-electron chi connectivity index (χ1n) is 4.62. The molecule has 0 N–H and O–H groups in total. The summed E-state index contributed by atoms with van der Waals surface area (Å²) in [4.78, 5) is 11.5. The third-order valence-corrected chi connectivity index (χ3v) is 2.78. The van der Waals surface area contributed by atoms with Crippen LogP contribution in [0.15, 0.2) is 18.2 Å². The number of hydrogen-bond donors (Lipinski definition) is 0. The maximum atomic E-state index is 11.5. The van der Waals surface area contributed by atoms with E-state index in [-0.39, 0.29) is 42.6 Å². The number of rotatable bonds is 3. The monoisotopic (exact) mass is 281 g/mol. The average molecular weight is 282 g/mol. The molecule has 0 saturated heterocycles. The van der Waals surface area contributed by atoms with Gasteiger partial charge in [0.25, 0.3) is 0 Å². The molecule has 0 saturated carbocycles. The number of nitriles is 1. The van der Waals surface area contributed by atoms with Crippen molar-refractivity contribution in [2.24, 2.45) is 0 Å². The van der Waals surface area contributed by atoms with Crippen molar-refractivity contribution < 1.29 is 40.5 Å². The van der Waals surface area contributed by atoms with Crippen LogP contribution in [0.25, 0.3) is 0 Å². The largest absolute Gasteiger partial charge is 1.00 e. The molecule has 0 aliphatic heterocycles. The fourth-order valence-corrected chi connectivity index (χ4v) is 1.64. The fourth-order valence-electron chi connectivity index (χ4n) is 1.22. The molecule has 1 aromatic rings. The average Bonchev–Trinajstić information content (AvgIpc) is 2.25. The first kappa shape index (κ1) is 16.8. The second-order valence-corrected chi connectivity index (χ2v) is 3.74. The van der Waals surface area contributed by atoms with E-state index >= 15 is 0 Å². The Hall–Kier alpha value is -0.240. The van der Waals surface area contributed by atoms with Crippen LogP contribution in [0, 0.1) is 11.3 Å². The normalized spacial score (nSPS) is 10.9. The molecule has 86 valence electrons. The maximum Gasteiger partial charge on any atom is 1.00 e. The molecule has 17 heavy (non-hydrogen) atoms. The Labute approximate surface area is 133 Å². The second-order valence-electron chi connectivity index (χ2n) is 2.96.